The molecule has 1 aliphatic heterocycles. The summed E-state index contributed by atoms with van der Waals surface area (Å²) in [5.41, 5.74) is 2.60. The minimum Gasteiger partial charge on any atom is -0.358 e. The molecule has 2 aromatic heterocycles. The lowest BCUT2D eigenvalue weighted by Gasteiger charge is -2.18. The van der Waals surface area contributed by atoms with Crippen molar-refractivity contribution in [2.24, 2.45) is 0 Å². The zero-order valence-electron chi connectivity index (χ0n) is 16.7. The van der Waals surface area contributed by atoms with Crippen molar-refractivity contribution in [3.8, 4) is 0 Å². The first-order valence-electron chi connectivity index (χ1n) is 9.62. The number of thiophene rings is 1. The van der Waals surface area contributed by atoms with Crippen molar-refractivity contribution < 1.29 is 9.59 Å². The number of rotatable bonds is 5. The lowest BCUT2D eigenvalue weighted by atomic mass is 10.2. The van der Waals surface area contributed by atoms with Gasteiger partial charge in [-0.3, -0.25) is 9.59 Å². The first-order chi connectivity index (χ1) is 13.9. The molecule has 1 aliphatic rings. The highest BCUT2D eigenvalue weighted by molar-refractivity contribution is 7.18. The number of fused-ring (bicyclic) bond motifs is 1. The number of carbonyl (C=O) groups is 2. The summed E-state index contributed by atoms with van der Waals surface area (Å²) in [7, 11) is 0. The summed E-state index contributed by atoms with van der Waals surface area (Å²) < 4.78 is 0. The fourth-order valence-corrected chi connectivity index (χ4v) is 4.48. The van der Waals surface area contributed by atoms with Crippen LogP contribution in [-0.4, -0.2) is 34.4 Å². The quantitative estimate of drug-likeness (QED) is 0.668. The van der Waals surface area contributed by atoms with Crippen LogP contribution in [0.4, 0.5) is 17.2 Å². The Labute approximate surface area is 173 Å². The van der Waals surface area contributed by atoms with E-state index in [-0.39, 0.29) is 11.8 Å². The van der Waals surface area contributed by atoms with Gasteiger partial charge >= 0.3 is 0 Å². The Bertz CT molecular complexity index is 1090. The second-order valence-corrected chi connectivity index (χ2v) is 8.44. The second-order valence-electron chi connectivity index (χ2n) is 7.24. The zero-order chi connectivity index (χ0) is 20.5. The van der Waals surface area contributed by atoms with E-state index < -0.39 is 6.04 Å². The van der Waals surface area contributed by atoms with Crippen LogP contribution in [0.5, 0.6) is 0 Å². The lowest BCUT2D eigenvalue weighted by Crippen LogP contribution is -2.32. The Morgan fingerprint density at radius 1 is 1.28 bits per heavy atom. The van der Waals surface area contributed by atoms with Gasteiger partial charge in [0, 0.05) is 29.2 Å². The predicted octanol–water partition coefficient (Wildman–Crippen LogP) is 3.87. The molecular weight excluding hydrogens is 386 g/mol. The fourth-order valence-electron chi connectivity index (χ4n) is 3.49. The molecule has 0 aliphatic carbocycles. The number of amides is 2. The van der Waals surface area contributed by atoms with E-state index in [4.69, 9.17) is 0 Å². The van der Waals surface area contributed by atoms with Gasteiger partial charge < -0.3 is 15.5 Å². The highest BCUT2D eigenvalue weighted by atomic mass is 32.1. The van der Waals surface area contributed by atoms with Gasteiger partial charge in [0.15, 0.2) is 0 Å². The van der Waals surface area contributed by atoms with Crippen molar-refractivity contribution in [1.29, 1.82) is 0 Å². The maximum absolute atomic E-state index is 12.7. The number of carbonyl (C=O) groups excluding carboxylic acids is 2. The Hall–Kier alpha value is -3.00. The molecule has 0 radical (unpaired) electrons. The van der Waals surface area contributed by atoms with E-state index in [1.165, 1.54) is 11.2 Å². The standard InChI is InChI=1S/C21H23N5O2S/c1-12-14(3)29-21-18(12)19(22-11-23-21)24-13(2)20(28)25-15-6-4-7-16(10-15)26-9-5-8-17(26)27/h4,6-7,10-11,13H,5,8-9H2,1-3H3,(H,25,28)(H,22,23,24). The molecule has 4 rings (SSSR count). The van der Waals surface area contributed by atoms with Gasteiger partial charge in [0.05, 0.1) is 5.39 Å². The smallest absolute Gasteiger partial charge is 0.246 e. The van der Waals surface area contributed by atoms with E-state index in [0.717, 1.165) is 34.4 Å². The molecule has 0 bridgehead atoms. The summed E-state index contributed by atoms with van der Waals surface area (Å²) in [5, 5.41) is 7.11. The molecule has 3 heterocycles. The topological polar surface area (TPSA) is 87.2 Å². The molecule has 0 spiro atoms. The summed E-state index contributed by atoms with van der Waals surface area (Å²) >= 11 is 1.62. The van der Waals surface area contributed by atoms with Crippen LogP contribution in [0.2, 0.25) is 0 Å². The van der Waals surface area contributed by atoms with Crippen LogP contribution >= 0.6 is 11.3 Å². The van der Waals surface area contributed by atoms with Crippen molar-refractivity contribution in [2.45, 2.75) is 39.7 Å². The summed E-state index contributed by atoms with van der Waals surface area (Å²) in [6.07, 6.45) is 2.96. The van der Waals surface area contributed by atoms with E-state index in [1.807, 2.05) is 31.2 Å². The van der Waals surface area contributed by atoms with Crippen molar-refractivity contribution in [2.75, 3.05) is 22.1 Å². The predicted molar refractivity (Wildman–Crippen MR) is 117 cm³/mol. The molecule has 8 heteroatoms. The minimum absolute atomic E-state index is 0.123. The highest BCUT2D eigenvalue weighted by Gasteiger charge is 2.22. The third-order valence-electron chi connectivity index (χ3n) is 5.21. The van der Waals surface area contributed by atoms with Crippen molar-refractivity contribution in [1.82, 2.24) is 9.97 Å². The molecule has 29 heavy (non-hydrogen) atoms. The summed E-state index contributed by atoms with van der Waals surface area (Å²) in [6, 6.07) is 6.90. The van der Waals surface area contributed by atoms with E-state index in [0.29, 0.717) is 17.9 Å². The molecule has 1 atom stereocenters. The van der Waals surface area contributed by atoms with Gasteiger partial charge in [-0.15, -0.1) is 11.3 Å². The maximum atomic E-state index is 12.7. The third-order valence-corrected chi connectivity index (χ3v) is 6.33. The van der Waals surface area contributed by atoms with E-state index in [9.17, 15) is 9.59 Å². The van der Waals surface area contributed by atoms with E-state index in [1.54, 1.807) is 23.2 Å². The van der Waals surface area contributed by atoms with Crippen LogP contribution < -0.4 is 15.5 Å². The summed E-state index contributed by atoms with van der Waals surface area (Å²) in [6.45, 7) is 6.61. The molecule has 1 aromatic carbocycles. The molecule has 7 nitrogen and oxygen atoms in total. The van der Waals surface area contributed by atoms with Gasteiger partial charge in [0.25, 0.3) is 0 Å². The molecule has 1 unspecified atom stereocenters. The monoisotopic (exact) mass is 409 g/mol. The average molecular weight is 410 g/mol. The van der Waals surface area contributed by atoms with Gasteiger partial charge in [0.1, 0.15) is 23.0 Å². The number of nitrogens with zero attached hydrogens (tertiary/aromatic N) is 3. The van der Waals surface area contributed by atoms with Gasteiger partial charge in [-0.05, 0) is 51.0 Å². The van der Waals surface area contributed by atoms with Gasteiger partial charge in [-0.1, -0.05) is 6.07 Å². The largest absolute Gasteiger partial charge is 0.358 e. The zero-order valence-corrected chi connectivity index (χ0v) is 17.5. The second kappa shape index (κ2) is 7.79. The minimum atomic E-state index is -0.496. The molecule has 3 aromatic rings. The number of aryl methyl sites for hydroxylation is 2. The van der Waals surface area contributed by atoms with E-state index >= 15 is 0 Å². The Kier molecular flexibility index (Phi) is 5.19. The molecule has 1 saturated heterocycles. The molecule has 150 valence electrons. The summed E-state index contributed by atoms with van der Waals surface area (Å²) in [5.74, 6) is 0.611. The van der Waals surface area contributed by atoms with Crippen LogP contribution in [0.15, 0.2) is 30.6 Å². The highest BCUT2D eigenvalue weighted by Crippen LogP contribution is 2.32. The SMILES string of the molecule is Cc1sc2ncnc(NC(C)C(=O)Nc3cccc(N4CCCC4=O)c3)c2c1C. The Balaban J connectivity index is 1.49. The van der Waals surface area contributed by atoms with Crippen LogP contribution in [0.3, 0.4) is 0 Å². The summed E-state index contributed by atoms with van der Waals surface area (Å²) in [4.78, 5) is 37.3. The van der Waals surface area contributed by atoms with Crippen molar-refractivity contribution in [3.05, 3.63) is 41.0 Å². The number of nitrogens with one attached hydrogen (secondary N) is 2. The average Bonchev–Trinajstić information content (AvgIpc) is 3.25. The first-order valence-corrected chi connectivity index (χ1v) is 10.4. The number of hydrogen-bond donors (Lipinski definition) is 2. The normalized spacial score (nSPS) is 15.0. The van der Waals surface area contributed by atoms with Gasteiger partial charge in [-0.25, -0.2) is 9.97 Å². The van der Waals surface area contributed by atoms with Crippen molar-refractivity contribution >= 4 is 50.6 Å². The fraction of sp³-hybridized carbons (Fsp3) is 0.333. The van der Waals surface area contributed by atoms with Crippen molar-refractivity contribution in [3.63, 3.8) is 0 Å². The van der Waals surface area contributed by atoms with Crippen LogP contribution in [-0.2, 0) is 9.59 Å². The number of aromatic nitrogens is 2. The third kappa shape index (κ3) is 3.80. The first kappa shape index (κ1) is 19.3. The number of benzene rings is 1. The van der Waals surface area contributed by atoms with Crippen LogP contribution in [0, 0.1) is 13.8 Å². The Morgan fingerprint density at radius 3 is 2.86 bits per heavy atom. The molecule has 1 fully saturated rings. The van der Waals surface area contributed by atoms with Crippen LogP contribution in [0.25, 0.3) is 10.2 Å². The number of hydrogen-bond acceptors (Lipinski definition) is 6. The lowest BCUT2D eigenvalue weighted by molar-refractivity contribution is -0.117. The van der Waals surface area contributed by atoms with Gasteiger partial charge in [-0.2, -0.15) is 0 Å². The molecule has 0 saturated carbocycles. The molecule has 2 N–H and O–H groups in total. The maximum Gasteiger partial charge on any atom is 0.246 e. The van der Waals surface area contributed by atoms with Crippen LogP contribution in [0.1, 0.15) is 30.2 Å². The molecular formula is C21H23N5O2S. The molecule has 2 amide bonds. The number of anilines is 3. The van der Waals surface area contributed by atoms with E-state index in [2.05, 4.69) is 27.5 Å². The van der Waals surface area contributed by atoms with Gasteiger partial charge in [0.2, 0.25) is 11.8 Å². The Morgan fingerprint density at radius 2 is 2.10 bits per heavy atom.